The van der Waals surface area contributed by atoms with E-state index in [9.17, 15) is 18.5 Å². The third-order valence-corrected chi connectivity index (χ3v) is 4.33. The largest absolute Gasteiger partial charge is 0.464 e. The van der Waals surface area contributed by atoms with E-state index >= 15 is 0 Å². The van der Waals surface area contributed by atoms with E-state index in [1.165, 1.54) is 7.05 Å². The van der Waals surface area contributed by atoms with Gasteiger partial charge in [-0.2, -0.15) is 0 Å². The van der Waals surface area contributed by atoms with Crippen LogP contribution in [0, 0.1) is 10.1 Å². The molecule has 0 saturated heterocycles. The Labute approximate surface area is 135 Å². The highest BCUT2D eigenvalue weighted by molar-refractivity contribution is 7.90. The minimum atomic E-state index is -3.38. The van der Waals surface area contributed by atoms with Gasteiger partial charge in [0.2, 0.25) is 0 Å². The molecule has 0 bridgehead atoms. The molecule has 1 rings (SSSR count). The molecule has 0 amide bonds. The van der Waals surface area contributed by atoms with Crippen molar-refractivity contribution in [3.05, 3.63) is 45.8 Å². The zero-order valence-corrected chi connectivity index (χ0v) is 14.2. The minimum absolute atomic E-state index is 0.0636. The summed E-state index contributed by atoms with van der Waals surface area (Å²) in [6, 6.07) is 3.40. The Bertz CT molecular complexity index is 651. The Morgan fingerprint density at radius 2 is 2.04 bits per heavy atom. The summed E-state index contributed by atoms with van der Waals surface area (Å²) >= 11 is 0. The SMILES string of the molecule is CN/C(=C\[N+](=O)[O-])NCCS(=O)(=O)Cc1ccc(CN(C)C)o1. The highest BCUT2D eigenvalue weighted by Gasteiger charge is 2.15. The minimum Gasteiger partial charge on any atom is -0.464 e. The maximum atomic E-state index is 12.0. The van der Waals surface area contributed by atoms with Crippen molar-refractivity contribution in [2.75, 3.05) is 33.4 Å². The number of hydrogen-bond acceptors (Lipinski definition) is 8. The number of sulfone groups is 1. The number of hydrogen-bond donors (Lipinski definition) is 2. The third-order valence-electron chi connectivity index (χ3n) is 2.78. The number of nitrogens with one attached hydrogen (secondary N) is 2. The summed E-state index contributed by atoms with van der Waals surface area (Å²) in [5.41, 5.74) is 0. The molecular formula is C13H22N4O5S. The fourth-order valence-electron chi connectivity index (χ4n) is 1.83. The van der Waals surface area contributed by atoms with Gasteiger partial charge in [-0.25, -0.2) is 8.42 Å². The molecule has 0 aliphatic carbocycles. The summed E-state index contributed by atoms with van der Waals surface area (Å²) < 4.78 is 29.6. The smallest absolute Gasteiger partial charge is 0.274 e. The van der Waals surface area contributed by atoms with E-state index in [4.69, 9.17) is 4.42 Å². The average molecular weight is 346 g/mol. The van der Waals surface area contributed by atoms with Crippen LogP contribution in [0.25, 0.3) is 0 Å². The van der Waals surface area contributed by atoms with Gasteiger partial charge in [-0.15, -0.1) is 0 Å². The molecule has 1 heterocycles. The Morgan fingerprint density at radius 3 is 2.61 bits per heavy atom. The average Bonchev–Trinajstić information content (AvgIpc) is 2.82. The lowest BCUT2D eigenvalue weighted by atomic mass is 10.4. The van der Waals surface area contributed by atoms with Gasteiger partial charge in [-0.1, -0.05) is 0 Å². The standard InChI is InChI=1S/C13H22N4O5S/c1-14-13(9-17(18)19)15-6-7-23(20,21)10-12-5-4-11(22-12)8-16(2)3/h4-5,9,14-15H,6-8,10H2,1-3H3/b13-9+. The molecule has 1 aromatic rings. The summed E-state index contributed by atoms with van der Waals surface area (Å²) in [6.45, 7) is 0.660. The molecule has 9 nitrogen and oxygen atoms in total. The van der Waals surface area contributed by atoms with E-state index in [2.05, 4.69) is 10.6 Å². The van der Waals surface area contributed by atoms with Crippen LogP contribution in [0.4, 0.5) is 0 Å². The molecule has 0 unspecified atom stereocenters. The molecule has 0 spiro atoms. The van der Waals surface area contributed by atoms with Crippen LogP contribution < -0.4 is 10.6 Å². The molecule has 130 valence electrons. The molecule has 0 fully saturated rings. The first kappa shape index (κ1) is 19.0. The maximum Gasteiger partial charge on any atom is 0.274 e. The van der Waals surface area contributed by atoms with Gasteiger partial charge < -0.3 is 20.0 Å². The first-order chi connectivity index (χ1) is 10.7. The Hall–Kier alpha value is -2.07. The van der Waals surface area contributed by atoms with Crippen LogP contribution in [0.1, 0.15) is 11.5 Å². The van der Waals surface area contributed by atoms with Gasteiger partial charge in [0, 0.05) is 13.6 Å². The fraction of sp³-hybridized carbons (Fsp3) is 0.538. The number of furan rings is 1. The molecule has 0 aliphatic rings. The van der Waals surface area contributed by atoms with Gasteiger partial charge in [0.15, 0.2) is 15.7 Å². The first-order valence-corrected chi connectivity index (χ1v) is 8.73. The second kappa shape index (κ2) is 8.53. The van der Waals surface area contributed by atoms with Crippen molar-refractivity contribution < 1.29 is 17.8 Å². The molecule has 2 N–H and O–H groups in total. The first-order valence-electron chi connectivity index (χ1n) is 6.91. The molecule has 0 aromatic carbocycles. The number of nitro groups is 1. The van der Waals surface area contributed by atoms with Crippen molar-refractivity contribution in [3.63, 3.8) is 0 Å². The van der Waals surface area contributed by atoms with Crippen molar-refractivity contribution in [3.8, 4) is 0 Å². The van der Waals surface area contributed by atoms with Crippen LogP contribution in [0.15, 0.2) is 28.6 Å². The molecule has 0 atom stereocenters. The van der Waals surface area contributed by atoms with Crippen LogP contribution in [0.2, 0.25) is 0 Å². The lowest BCUT2D eigenvalue weighted by molar-refractivity contribution is -0.404. The second-order valence-corrected chi connectivity index (χ2v) is 7.39. The number of nitrogens with zero attached hydrogens (tertiary/aromatic N) is 2. The van der Waals surface area contributed by atoms with Crippen molar-refractivity contribution in [1.29, 1.82) is 0 Å². The summed E-state index contributed by atoms with van der Waals surface area (Å²) in [6.07, 6.45) is 0.743. The van der Waals surface area contributed by atoms with Gasteiger partial charge in [0.05, 0.1) is 17.2 Å². The molecule has 0 radical (unpaired) electrons. The fourth-order valence-corrected chi connectivity index (χ4v) is 2.98. The predicted molar refractivity (Wildman–Crippen MR) is 85.7 cm³/mol. The summed E-state index contributed by atoms with van der Waals surface area (Å²) in [4.78, 5) is 11.7. The Morgan fingerprint density at radius 1 is 1.39 bits per heavy atom. The lowest BCUT2D eigenvalue weighted by Crippen LogP contribution is -2.29. The third kappa shape index (κ3) is 7.66. The van der Waals surface area contributed by atoms with Crippen molar-refractivity contribution in [1.82, 2.24) is 15.5 Å². The molecule has 1 aromatic heterocycles. The quantitative estimate of drug-likeness (QED) is 0.454. The monoisotopic (exact) mass is 346 g/mol. The van der Waals surface area contributed by atoms with E-state index in [0.717, 1.165) is 6.20 Å². The van der Waals surface area contributed by atoms with Crippen LogP contribution in [0.3, 0.4) is 0 Å². The van der Waals surface area contributed by atoms with Crippen LogP contribution >= 0.6 is 0 Å². The van der Waals surface area contributed by atoms with E-state index in [0.29, 0.717) is 18.1 Å². The van der Waals surface area contributed by atoms with E-state index < -0.39 is 14.8 Å². The van der Waals surface area contributed by atoms with E-state index in [-0.39, 0.29) is 23.9 Å². The topological polar surface area (TPSA) is 118 Å². The normalized spacial score (nSPS) is 12.4. The number of rotatable bonds is 10. The molecule has 0 aliphatic heterocycles. The second-order valence-electron chi connectivity index (χ2n) is 5.20. The van der Waals surface area contributed by atoms with Crippen LogP contribution in [0.5, 0.6) is 0 Å². The Balaban J connectivity index is 2.53. The van der Waals surface area contributed by atoms with Gasteiger partial charge in [0.1, 0.15) is 17.3 Å². The predicted octanol–water partition coefficient (Wildman–Crippen LogP) is 0.141. The zero-order chi connectivity index (χ0) is 17.5. The zero-order valence-electron chi connectivity index (χ0n) is 13.4. The van der Waals surface area contributed by atoms with Gasteiger partial charge >= 0.3 is 0 Å². The molecule has 10 heteroatoms. The van der Waals surface area contributed by atoms with Crippen LogP contribution in [-0.4, -0.2) is 51.7 Å². The van der Waals surface area contributed by atoms with Gasteiger partial charge in [-0.05, 0) is 26.2 Å². The van der Waals surface area contributed by atoms with Crippen molar-refractivity contribution in [2.24, 2.45) is 0 Å². The maximum absolute atomic E-state index is 12.0. The highest BCUT2D eigenvalue weighted by Crippen LogP contribution is 2.13. The summed E-state index contributed by atoms with van der Waals surface area (Å²) in [5.74, 6) is 0.876. The molecular weight excluding hydrogens is 324 g/mol. The summed E-state index contributed by atoms with van der Waals surface area (Å²) in [5, 5.41) is 15.6. The van der Waals surface area contributed by atoms with Crippen molar-refractivity contribution >= 4 is 9.84 Å². The van der Waals surface area contributed by atoms with Gasteiger partial charge in [-0.3, -0.25) is 10.1 Å². The molecule has 23 heavy (non-hydrogen) atoms. The van der Waals surface area contributed by atoms with Crippen molar-refractivity contribution in [2.45, 2.75) is 12.3 Å². The Kier molecular flexibility index (Phi) is 7.04. The summed E-state index contributed by atoms with van der Waals surface area (Å²) in [7, 11) is 1.91. The lowest BCUT2D eigenvalue weighted by Gasteiger charge is -2.08. The van der Waals surface area contributed by atoms with E-state index in [1.54, 1.807) is 12.1 Å². The van der Waals surface area contributed by atoms with E-state index in [1.807, 2.05) is 19.0 Å². The van der Waals surface area contributed by atoms with Gasteiger partial charge in [0.25, 0.3) is 6.20 Å². The van der Waals surface area contributed by atoms with Crippen LogP contribution in [-0.2, 0) is 22.1 Å². The highest BCUT2D eigenvalue weighted by atomic mass is 32.2. The molecule has 0 saturated carbocycles.